The van der Waals surface area contributed by atoms with Gasteiger partial charge < -0.3 is 19.8 Å². The van der Waals surface area contributed by atoms with E-state index in [0.717, 1.165) is 0 Å². The molecule has 2 aliphatic heterocycles. The van der Waals surface area contributed by atoms with Crippen molar-refractivity contribution in [3.63, 3.8) is 0 Å². The van der Waals surface area contributed by atoms with E-state index in [-0.39, 0.29) is 33.9 Å². The first-order valence-corrected chi connectivity index (χ1v) is 12.5. The largest absolute Gasteiger partial charge is 0.394 e. The fraction of sp³-hybridized carbons (Fsp3) is 0.650. The Morgan fingerprint density at radius 2 is 1.90 bits per heavy atom. The van der Waals surface area contributed by atoms with Crippen molar-refractivity contribution in [3.05, 3.63) is 28.2 Å². The van der Waals surface area contributed by atoms with Crippen LogP contribution in [-0.2, 0) is 19.6 Å². The van der Waals surface area contributed by atoms with Gasteiger partial charge in [0.05, 0.1) is 24.2 Å². The Morgan fingerprint density at radius 1 is 1.23 bits per heavy atom. The Kier molecular flexibility index (Phi) is 8.23. The van der Waals surface area contributed by atoms with E-state index < -0.39 is 40.7 Å². The van der Waals surface area contributed by atoms with Crippen LogP contribution in [0.4, 0.5) is 0 Å². The van der Waals surface area contributed by atoms with Gasteiger partial charge in [0.2, 0.25) is 15.9 Å². The fourth-order valence-electron chi connectivity index (χ4n) is 4.50. The van der Waals surface area contributed by atoms with Crippen LogP contribution in [0.25, 0.3) is 0 Å². The van der Waals surface area contributed by atoms with Crippen molar-refractivity contribution in [1.29, 1.82) is 0 Å². The normalized spacial score (nSPS) is 26.0. The zero-order valence-corrected chi connectivity index (χ0v) is 19.6. The van der Waals surface area contributed by atoms with Gasteiger partial charge in [-0.15, -0.1) is 0 Å². The predicted molar refractivity (Wildman–Crippen MR) is 117 cm³/mol. The van der Waals surface area contributed by atoms with Crippen molar-refractivity contribution >= 4 is 39.1 Å². The average molecular weight is 495 g/mol. The van der Waals surface area contributed by atoms with Gasteiger partial charge in [-0.3, -0.25) is 4.79 Å². The molecule has 0 saturated carbocycles. The average Bonchev–Trinajstić information content (AvgIpc) is 2.80. The smallest absolute Gasteiger partial charge is 0.244 e. The summed E-state index contributed by atoms with van der Waals surface area (Å²) in [6, 6.07) is 2.49. The molecule has 2 aliphatic rings. The van der Waals surface area contributed by atoms with Crippen molar-refractivity contribution in [2.45, 2.75) is 49.3 Å². The maximum atomic E-state index is 13.7. The summed E-state index contributed by atoms with van der Waals surface area (Å²) in [6.07, 6.45) is 0.302. The second-order valence-electron chi connectivity index (χ2n) is 7.85. The molecule has 11 heteroatoms. The van der Waals surface area contributed by atoms with E-state index in [1.165, 1.54) is 22.5 Å². The van der Waals surface area contributed by atoms with Crippen LogP contribution in [0.15, 0.2) is 23.1 Å². The lowest BCUT2D eigenvalue weighted by Crippen LogP contribution is -2.56. The first-order valence-electron chi connectivity index (χ1n) is 10.4. The number of carbonyl (C=O) groups is 1. The second-order valence-corrected chi connectivity index (χ2v) is 10.6. The maximum absolute atomic E-state index is 13.7. The van der Waals surface area contributed by atoms with Crippen molar-refractivity contribution < 1.29 is 28.2 Å². The summed E-state index contributed by atoms with van der Waals surface area (Å²) >= 11 is 12.1. The van der Waals surface area contributed by atoms with Gasteiger partial charge in [-0.05, 0) is 44.4 Å². The zero-order valence-electron chi connectivity index (χ0n) is 17.3. The topological polar surface area (TPSA) is 107 Å². The van der Waals surface area contributed by atoms with E-state index in [1.54, 1.807) is 4.90 Å². The van der Waals surface area contributed by atoms with E-state index >= 15 is 0 Å². The lowest BCUT2D eigenvalue weighted by atomic mass is 9.87. The van der Waals surface area contributed by atoms with Crippen LogP contribution in [0.1, 0.15) is 26.2 Å². The minimum absolute atomic E-state index is 0.102. The van der Waals surface area contributed by atoms with E-state index in [9.17, 15) is 23.4 Å². The number of amides is 1. The molecule has 0 spiro atoms. The molecule has 1 unspecified atom stereocenters. The van der Waals surface area contributed by atoms with Gasteiger partial charge in [-0.25, -0.2) is 8.42 Å². The van der Waals surface area contributed by atoms with Gasteiger partial charge in [0, 0.05) is 41.7 Å². The third-order valence-electron chi connectivity index (χ3n) is 5.94. The summed E-state index contributed by atoms with van der Waals surface area (Å²) in [5.74, 6) is -0.973. The van der Waals surface area contributed by atoms with Crippen LogP contribution < -0.4 is 0 Å². The molecule has 2 heterocycles. The van der Waals surface area contributed by atoms with Crippen LogP contribution >= 0.6 is 23.2 Å². The van der Waals surface area contributed by atoms with Crippen molar-refractivity contribution in [3.8, 4) is 0 Å². The molecule has 174 valence electrons. The van der Waals surface area contributed by atoms with Gasteiger partial charge in [0.1, 0.15) is 6.04 Å². The molecule has 0 aliphatic carbocycles. The Labute approximate surface area is 192 Å². The fourth-order valence-corrected chi connectivity index (χ4v) is 7.10. The monoisotopic (exact) mass is 494 g/mol. The molecule has 2 N–H and O–H groups in total. The number of benzene rings is 1. The first-order chi connectivity index (χ1) is 14.7. The van der Waals surface area contributed by atoms with Crippen LogP contribution in [-0.4, -0.2) is 84.8 Å². The number of nitrogens with zero attached hydrogens (tertiary/aromatic N) is 2. The number of halogens is 2. The number of aliphatic hydroxyl groups excluding tert-OH is 2. The van der Waals surface area contributed by atoms with E-state index in [0.29, 0.717) is 32.5 Å². The molecular formula is C20H28Cl2N2O6S. The van der Waals surface area contributed by atoms with Crippen LogP contribution in [0.3, 0.4) is 0 Å². The van der Waals surface area contributed by atoms with Crippen LogP contribution in [0.5, 0.6) is 0 Å². The van der Waals surface area contributed by atoms with Crippen molar-refractivity contribution in [2.75, 3.05) is 32.9 Å². The highest BCUT2D eigenvalue weighted by Gasteiger charge is 2.51. The molecular weight excluding hydrogens is 467 g/mol. The van der Waals surface area contributed by atoms with Gasteiger partial charge in [-0.2, -0.15) is 4.31 Å². The SMILES string of the molecule is CCOCCN1C[C@H](C(O)CO)[C@H]2CCC[C@@H](C1=O)N2S(=O)(=O)c1cc(Cl)cc(Cl)c1. The lowest BCUT2D eigenvalue weighted by Gasteiger charge is -2.41. The van der Waals surface area contributed by atoms with Gasteiger partial charge in [0.25, 0.3) is 0 Å². The standard InChI is InChI=1S/C20H28Cl2N2O6S/c1-2-30-7-6-23-11-16(19(26)12-25)17-4-3-5-18(20(23)27)24(17)31(28,29)15-9-13(21)8-14(22)10-15/h8-10,16-19,25-26H,2-7,11-12H2,1H3/t16-,17+,18-,19?/m0/s1. The highest BCUT2D eigenvalue weighted by molar-refractivity contribution is 7.89. The quantitative estimate of drug-likeness (QED) is 0.533. The predicted octanol–water partition coefficient (Wildman–Crippen LogP) is 1.75. The van der Waals surface area contributed by atoms with Crippen LogP contribution in [0, 0.1) is 5.92 Å². The molecule has 0 aromatic heterocycles. The van der Waals surface area contributed by atoms with Gasteiger partial charge in [0.15, 0.2) is 0 Å². The van der Waals surface area contributed by atoms with E-state index in [2.05, 4.69) is 0 Å². The number of ether oxygens (including phenoxy) is 1. The number of rotatable bonds is 8. The minimum Gasteiger partial charge on any atom is -0.394 e. The van der Waals surface area contributed by atoms with Crippen molar-refractivity contribution in [2.24, 2.45) is 5.92 Å². The molecule has 0 radical (unpaired) electrons. The van der Waals surface area contributed by atoms with Crippen LogP contribution in [0.2, 0.25) is 10.0 Å². The third kappa shape index (κ3) is 5.19. The third-order valence-corrected chi connectivity index (χ3v) is 8.28. The summed E-state index contributed by atoms with van der Waals surface area (Å²) in [7, 11) is -4.15. The van der Waals surface area contributed by atoms with E-state index in [4.69, 9.17) is 27.9 Å². The van der Waals surface area contributed by atoms with Crippen molar-refractivity contribution in [1.82, 2.24) is 9.21 Å². The molecule has 1 amide bonds. The molecule has 4 atom stereocenters. The molecule has 2 bridgehead atoms. The number of fused-ring (bicyclic) bond motifs is 2. The van der Waals surface area contributed by atoms with Gasteiger partial charge >= 0.3 is 0 Å². The molecule has 31 heavy (non-hydrogen) atoms. The summed E-state index contributed by atoms with van der Waals surface area (Å²) < 4.78 is 34.0. The van der Waals surface area contributed by atoms with E-state index in [1.807, 2.05) is 6.92 Å². The molecule has 2 fully saturated rings. The first kappa shape index (κ1) is 24.7. The number of sulfonamides is 1. The number of hydrogen-bond donors (Lipinski definition) is 2. The summed E-state index contributed by atoms with van der Waals surface area (Å²) in [6.45, 7) is 2.53. The molecule has 2 saturated heterocycles. The second kappa shape index (κ2) is 10.3. The number of carbonyl (C=O) groups excluding carboxylic acids is 1. The summed E-state index contributed by atoms with van der Waals surface area (Å²) in [4.78, 5) is 14.8. The highest BCUT2D eigenvalue weighted by Crippen LogP contribution is 2.39. The number of aliphatic hydroxyl groups is 2. The Hall–Kier alpha value is -0.940. The lowest BCUT2D eigenvalue weighted by molar-refractivity contribution is -0.135. The highest BCUT2D eigenvalue weighted by atomic mass is 35.5. The van der Waals surface area contributed by atoms with Gasteiger partial charge in [-0.1, -0.05) is 23.2 Å². The number of piperidine rings is 1. The number of hydrogen-bond acceptors (Lipinski definition) is 6. The Balaban J connectivity index is 2.07. The summed E-state index contributed by atoms with van der Waals surface area (Å²) in [5.41, 5.74) is 0. The summed E-state index contributed by atoms with van der Waals surface area (Å²) in [5, 5.41) is 20.5. The molecule has 8 nitrogen and oxygen atoms in total. The molecule has 1 aromatic rings. The molecule has 3 rings (SSSR count). The maximum Gasteiger partial charge on any atom is 0.244 e. The minimum atomic E-state index is -4.15. The Bertz CT molecular complexity index is 879. The Morgan fingerprint density at radius 3 is 2.52 bits per heavy atom. The molecule has 1 aromatic carbocycles. The zero-order chi connectivity index (χ0) is 22.8.